The summed E-state index contributed by atoms with van der Waals surface area (Å²) < 4.78 is 28.6. The van der Waals surface area contributed by atoms with Gasteiger partial charge in [-0.05, 0) is 62.1 Å². The van der Waals surface area contributed by atoms with Crippen molar-refractivity contribution in [1.29, 1.82) is 0 Å². The van der Waals surface area contributed by atoms with Crippen molar-refractivity contribution in [3.05, 3.63) is 95.6 Å². The van der Waals surface area contributed by atoms with Crippen LogP contribution in [-0.4, -0.2) is 44.3 Å². The van der Waals surface area contributed by atoms with Crippen molar-refractivity contribution in [3.8, 4) is 0 Å². The summed E-state index contributed by atoms with van der Waals surface area (Å²) in [4.78, 5) is 28.4. The first-order valence-corrected chi connectivity index (χ1v) is 14.2. The fourth-order valence-corrected chi connectivity index (χ4v) is 5.38. The van der Waals surface area contributed by atoms with Crippen LogP contribution in [0.15, 0.2) is 83.8 Å². The Hall–Kier alpha value is -3.65. The molecule has 2 amide bonds. The summed E-state index contributed by atoms with van der Waals surface area (Å²) in [5.41, 5.74) is 3.17. The molecule has 0 unspecified atom stereocenters. The van der Waals surface area contributed by atoms with E-state index in [1.165, 1.54) is 17.0 Å². The molecule has 0 spiro atoms. The molecule has 0 saturated heterocycles. The second kappa shape index (κ2) is 12.7. The largest absolute Gasteiger partial charge is 0.354 e. The summed E-state index contributed by atoms with van der Waals surface area (Å²) in [6, 6.07) is 22.0. The lowest BCUT2D eigenvalue weighted by Gasteiger charge is -2.32. The first kappa shape index (κ1) is 28.9. The van der Waals surface area contributed by atoms with E-state index in [1.54, 1.807) is 43.3 Å². The molecule has 0 aliphatic carbocycles. The average molecular weight is 536 g/mol. The zero-order chi connectivity index (χ0) is 27.9. The van der Waals surface area contributed by atoms with Crippen LogP contribution in [0, 0.1) is 19.8 Å². The van der Waals surface area contributed by atoms with Crippen LogP contribution in [0.1, 0.15) is 37.5 Å². The summed E-state index contributed by atoms with van der Waals surface area (Å²) in [5.74, 6) is -0.508. The van der Waals surface area contributed by atoms with Crippen molar-refractivity contribution in [3.63, 3.8) is 0 Å². The Morgan fingerprint density at radius 2 is 1.50 bits per heavy atom. The van der Waals surface area contributed by atoms with Crippen LogP contribution in [0.3, 0.4) is 0 Å². The molecule has 0 fully saturated rings. The number of hydrogen-bond acceptors (Lipinski definition) is 4. The van der Waals surface area contributed by atoms with Gasteiger partial charge in [0.1, 0.15) is 12.6 Å². The van der Waals surface area contributed by atoms with Gasteiger partial charge in [0.05, 0.1) is 10.6 Å². The van der Waals surface area contributed by atoms with E-state index < -0.39 is 28.5 Å². The second-order valence-electron chi connectivity index (χ2n) is 9.99. The first-order chi connectivity index (χ1) is 18.0. The molecule has 8 heteroatoms. The predicted octanol–water partition coefficient (Wildman–Crippen LogP) is 4.69. The lowest BCUT2D eigenvalue weighted by atomic mass is 10.1. The van der Waals surface area contributed by atoms with Crippen molar-refractivity contribution >= 4 is 27.5 Å². The number of carbonyl (C=O) groups is 2. The third kappa shape index (κ3) is 7.44. The van der Waals surface area contributed by atoms with E-state index >= 15 is 0 Å². The molecule has 0 aliphatic rings. The van der Waals surface area contributed by atoms with Gasteiger partial charge < -0.3 is 10.2 Å². The average Bonchev–Trinajstić information content (AvgIpc) is 2.89. The number of benzene rings is 3. The highest BCUT2D eigenvalue weighted by atomic mass is 32.2. The molecule has 0 saturated carbocycles. The summed E-state index contributed by atoms with van der Waals surface area (Å²) in [6.45, 7) is 9.70. The fraction of sp³-hybridized carbons (Fsp3) is 0.333. The molecule has 1 N–H and O–H groups in total. The topological polar surface area (TPSA) is 86.8 Å². The van der Waals surface area contributed by atoms with Crippen LogP contribution >= 0.6 is 0 Å². The van der Waals surface area contributed by atoms with Gasteiger partial charge in [-0.15, -0.1) is 0 Å². The van der Waals surface area contributed by atoms with Gasteiger partial charge in [0.15, 0.2) is 0 Å². The van der Waals surface area contributed by atoms with Gasteiger partial charge in [0.2, 0.25) is 11.8 Å². The van der Waals surface area contributed by atoms with E-state index in [4.69, 9.17) is 0 Å². The maximum absolute atomic E-state index is 13.9. The van der Waals surface area contributed by atoms with Gasteiger partial charge in [-0.25, -0.2) is 8.42 Å². The molecule has 3 aromatic carbocycles. The van der Waals surface area contributed by atoms with E-state index in [0.717, 1.165) is 21.0 Å². The van der Waals surface area contributed by atoms with Gasteiger partial charge in [-0.3, -0.25) is 13.9 Å². The Bertz CT molecular complexity index is 1340. The van der Waals surface area contributed by atoms with Crippen molar-refractivity contribution in [2.24, 2.45) is 5.92 Å². The summed E-state index contributed by atoms with van der Waals surface area (Å²) in [7, 11) is -4.06. The molecular weight excluding hydrogens is 498 g/mol. The van der Waals surface area contributed by atoms with Crippen LogP contribution in [0.4, 0.5) is 5.69 Å². The van der Waals surface area contributed by atoms with E-state index in [9.17, 15) is 18.0 Å². The number of aryl methyl sites for hydroxylation is 2. The summed E-state index contributed by atoms with van der Waals surface area (Å²) in [6.07, 6.45) is 0. The standard InChI is InChI=1S/C30H37N3O4S/c1-22(2)19-31-30(35)25(5)32(20-26-16-14-23(3)15-17-26)29(34)21-33(27-11-9-10-24(4)18-27)38(36,37)28-12-7-6-8-13-28/h6-18,22,25H,19-21H2,1-5H3,(H,31,35)/t25-/m1/s1. The molecular formula is C30H37N3O4S. The smallest absolute Gasteiger partial charge is 0.264 e. The minimum atomic E-state index is -4.06. The number of anilines is 1. The fourth-order valence-electron chi connectivity index (χ4n) is 3.96. The van der Waals surface area contributed by atoms with Gasteiger partial charge >= 0.3 is 0 Å². The molecule has 3 rings (SSSR count). The van der Waals surface area contributed by atoms with E-state index in [-0.39, 0.29) is 23.3 Å². The zero-order valence-corrected chi connectivity index (χ0v) is 23.5. The molecule has 0 radical (unpaired) electrons. The molecule has 202 valence electrons. The van der Waals surface area contributed by atoms with Crippen molar-refractivity contribution < 1.29 is 18.0 Å². The minimum Gasteiger partial charge on any atom is -0.354 e. The van der Waals surface area contributed by atoms with Crippen molar-refractivity contribution in [1.82, 2.24) is 10.2 Å². The maximum atomic E-state index is 13.9. The van der Waals surface area contributed by atoms with E-state index in [1.807, 2.05) is 58.0 Å². The van der Waals surface area contributed by atoms with Crippen LogP contribution in [0.25, 0.3) is 0 Å². The number of nitrogens with one attached hydrogen (secondary N) is 1. The molecule has 0 heterocycles. The highest BCUT2D eigenvalue weighted by molar-refractivity contribution is 7.92. The van der Waals surface area contributed by atoms with Crippen molar-refractivity contribution in [2.45, 2.75) is 52.1 Å². The molecule has 7 nitrogen and oxygen atoms in total. The number of hydrogen-bond donors (Lipinski definition) is 1. The second-order valence-corrected chi connectivity index (χ2v) is 11.8. The Morgan fingerprint density at radius 1 is 0.842 bits per heavy atom. The first-order valence-electron chi connectivity index (χ1n) is 12.8. The molecule has 0 aliphatic heterocycles. The zero-order valence-electron chi connectivity index (χ0n) is 22.7. The summed E-state index contributed by atoms with van der Waals surface area (Å²) in [5, 5.41) is 2.90. The van der Waals surface area contributed by atoms with E-state index in [0.29, 0.717) is 12.2 Å². The lowest BCUT2D eigenvalue weighted by Crippen LogP contribution is -2.51. The number of amides is 2. The number of sulfonamides is 1. The Labute approximate surface area is 226 Å². The highest BCUT2D eigenvalue weighted by Crippen LogP contribution is 2.25. The Balaban J connectivity index is 1.99. The van der Waals surface area contributed by atoms with Gasteiger partial charge in [-0.1, -0.05) is 74.0 Å². The number of carbonyl (C=O) groups excluding carboxylic acids is 2. The molecule has 0 bridgehead atoms. The van der Waals surface area contributed by atoms with Gasteiger partial charge in [0.25, 0.3) is 10.0 Å². The van der Waals surface area contributed by atoms with Gasteiger partial charge in [-0.2, -0.15) is 0 Å². The molecule has 38 heavy (non-hydrogen) atoms. The molecule has 1 atom stereocenters. The SMILES string of the molecule is Cc1ccc(CN(C(=O)CN(c2cccc(C)c2)S(=O)(=O)c2ccccc2)[C@H](C)C(=O)NCC(C)C)cc1. The normalized spacial score (nSPS) is 12.2. The van der Waals surface area contributed by atoms with Crippen molar-refractivity contribution in [2.75, 3.05) is 17.4 Å². The van der Waals surface area contributed by atoms with Crippen LogP contribution in [0.5, 0.6) is 0 Å². The van der Waals surface area contributed by atoms with Crippen LogP contribution in [0.2, 0.25) is 0 Å². The van der Waals surface area contributed by atoms with E-state index in [2.05, 4.69) is 5.32 Å². The van der Waals surface area contributed by atoms with Crippen LogP contribution in [-0.2, 0) is 26.2 Å². The Kier molecular flexibility index (Phi) is 9.69. The minimum absolute atomic E-state index is 0.0853. The Morgan fingerprint density at radius 3 is 2.11 bits per heavy atom. The highest BCUT2D eigenvalue weighted by Gasteiger charge is 2.32. The summed E-state index contributed by atoms with van der Waals surface area (Å²) >= 11 is 0. The maximum Gasteiger partial charge on any atom is 0.264 e. The molecule has 3 aromatic rings. The molecule has 0 aromatic heterocycles. The quantitative estimate of drug-likeness (QED) is 0.386. The lowest BCUT2D eigenvalue weighted by molar-refractivity contribution is -0.139. The van der Waals surface area contributed by atoms with Gasteiger partial charge in [0, 0.05) is 13.1 Å². The predicted molar refractivity (Wildman–Crippen MR) is 151 cm³/mol. The van der Waals surface area contributed by atoms with Crippen LogP contribution < -0.4 is 9.62 Å². The number of nitrogens with zero attached hydrogens (tertiary/aromatic N) is 2. The third-order valence-electron chi connectivity index (χ3n) is 6.23. The number of rotatable bonds is 11. The monoisotopic (exact) mass is 535 g/mol. The third-order valence-corrected chi connectivity index (χ3v) is 8.01.